The second-order valence-electron chi connectivity index (χ2n) is 6.40. The minimum atomic E-state index is -4.35. The molecule has 0 aromatic rings. The molecule has 0 heterocycles. The molecular formula is C15H29F3N2O. The van der Waals surface area contributed by atoms with Gasteiger partial charge >= 0.3 is 6.18 Å². The van der Waals surface area contributed by atoms with E-state index in [-0.39, 0.29) is 24.8 Å². The second kappa shape index (κ2) is 9.28. The van der Waals surface area contributed by atoms with Gasteiger partial charge in [0.2, 0.25) is 5.91 Å². The third kappa shape index (κ3) is 9.72. The molecule has 0 saturated carbocycles. The van der Waals surface area contributed by atoms with E-state index in [2.05, 4.69) is 0 Å². The van der Waals surface area contributed by atoms with Gasteiger partial charge in [0.15, 0.2) is 0 Å². The van der Waals surface area contributed by atoms with E-state index in [1.807, 2.05) is 27.7 Å². The average Bonchev–Trinajstić information content (AvgIpc) is 2.30. The van der Waals surface area contributed by atoms with Crippen LogP contribution in [-0.4, -0.2) is 36.6 Å². The molecule has 1 atom stereocenters. The molecule has 21 heavy (non-hydrogen) atoms. The van der Waals surface area contributed by atoms with Gasteiger partial charge < -0.3 is 10.6 Å². The van der Waals surface area contributed by atoms with Gasteiger partial charge in [-0.3, -0.25) is 4.79 Å². The highest BCUT2D eigenvalue weighted by atomic mass is 19.4. The van der Waals surface area contributed by atoms with Crippen molar-refractivity contribution in [3.63, 3.8) is 0 Å². The van der Waals surface area contributed by atoms with Crippen molar-refractivity contribution in [2.45, 2.75) is 53.1 Å². The number of nitrogens with two attached hydrogens (primary N) is 1. The van der Waals surface area contributed by atoms with E-state index in [4.69, 9.17) is 5.73 Å². The first-order chi connectivity index (χ1) is 9.56. The average molecular weight is 310 g/mol. The number of amides is 1. The summed E-state index contributed by atoms with van der Waals surface area (Å²) in [5.41, 5.74) is 5.54. The van der Waals surface area contributed by atoms with Crippen molar-refractivity contribution >= 4 is 5.91 Å². The highest BCUT2D eigenvalue weighted by Crippen LogP contribution is 2.23. The van der Waals surface area contributed by atoms with Gasteiger partial charge in [-0.05, 0) is 37.1 Å². The summed E-state index contributed by atoms with van der Waals surface area (Å²) in [5.74, 6) is 0.262. The molecule has 0 aromatic heterocycles. The highest BCUT2D eigenvalue weighted by Gasteiger charge is 2.33. The Balaban J connectivity index is 4.58. The van der Waals surface area contributed by atoms with E-state index in [1.165, 1.54) is 0 Å². The lowest BCUT2D eigenvalue weighted by Crippen LogP contribution is -2.41. The SMILES string of the molecule is CC(C)CN(CC(F)(F)F)C(=O)CCC(CCN)C(C)C. The van der Waals surface area contributed by atoms with Gasteiger partial charge in [0.25, 0.3) is 0 Å². The number of hydrogen-bond donors (Lipinski definition) is 1. The van der Waals surface area contributed by atoms with Gasteiger partial charge in [0.1, 0.15) is 6.54 Å². The lowest BCUT2D eigenvalue weighted by molar-refractivity contribution is -0.162. The Morgan fingerprint density at radius 1 is 1.14 bits per heavy atom. The Labute approximate surface area is 126 Å². The summed E-state index contributed by atoms with van der Waals surface area (Å²) >= 11 is 0. The summed E-state index contributed by atoms with van der Waals surface area (Å²) in [6, 6.07) is 0. The van der Waals surface area contributed by atoms with Gasteiger partial charge in [-0.15, -0.1) is 0 Å². The molecule has 1 amide bonds. The monoisotopic (exact) mass is 310 g/mol. The smallest absolute Gasteiger partial charge is 0.333 e. The maximum Gasteiger partial charge on any atom is 0.406 e. The first-order valence-electron chi connectivity index (χ1n) is 7.61. The molecule has 0 aliphatic carbocycles. The molecule has 126 valence electrons. The molecule has 0 aliphatic heterocycles. The predicted octanol–water partition coefficient (Wildman–Crippen LogP) is 3.43. The van der Waals surface area contributed by atoms with Crippen molar-refractivity contribution in [1.29, 1.82) is 0 Å². The molecule has 0 aliphatic rings. The van der Waals surface area contributed by atoms with Crippen LogP contribution in [0.3, 0.4) is 0 Å². The van der Waals surface area contributed by atoms with Crippen LogP contribution in [0.4, 0.5) is 13.2 Å². The molecule has 0 aromatic carbocycles. The Hall–Kier alpha value is -0.780. The van der Waals surface area contributed by atoms with Crippen molar-refractivity contribution in [2.75, 3.05) is 19.6 Å². The number of alkyl halides is 3. The van der Waals surface area contributed by atoms with Crippen molar-refractivity contribution < 1.29 is 18.0 Å². The molecule has 0 radical (unpaired) electrons. The van der Waals surface area contributed by atoms with Crippen LogP contribution >= 0.6 is 0 Å². The molecule has 3 nitrogen and oxygen atoms in total. The quantitative estimate of drug-likeness (QED) is 0.709. The highest BCUT2D eigenvalue weighted by molar-refractivity contribution is 5.76. The third-order valence-corrected chi connectivity index (χ3v) is 3.52. The third-order valence-electron chi connectivity index (χ3n) is 3.52. The first-order valence-corrected chi connectivity index (χ1v) is 7.61. The van der Waals surface area contributed by atoms with Crippen LogP contribution < -0.4 is 5.73 Å². The lowest BCUT2D eigenvalue weighted by Gasteiger charge is -2.27. The van der Waals surface area contributed by atoms with Gasteiger partial charge in [-0.2, -0.15) is 13.2 Å². The summed E-state index contributed by atoms with van der Waals surface area (Å²) in [6.07, 6.45) is -2.79. The zero-order chi connectivity index (χ0) is 16.6. The van der Waals surface area contributed by atoms with Crippen LogP contribution in [0.2, 0.25) is 0 Å². The van der Waals surface area contributed by atoms with Gasteiger partial charge in [-0.1, -0.05) is 27.7 Å². The minimum absolute atomic E-state index is 0.0150. The predicted molar refractivity (Wildman–Crippen MR) is 78.7 cm³/mol. The molecule has 2 N–H and O–H groups in total. The summed E-state index contributed by atoms with van der Waals surface area (Å²) in [5, 5.41) is 0. The largest absolute Gasteiger partial charge is 0.406 e. The maximum absolute atomic E-state index is 12.6. The van der Waals surface area contributed by atoms with E-state index in [0.717, 1.165) is 11.3 Å². The number of rotatable bonds is 9. The zero-order valence-corrected chi connectivity index (χ0v) is 13.5. The van der Waals surface area contributed by atoms with Gasteiger partial charge in [0, 0.05) is 13.0 Å². The van der Waals surface area contributed by atoms with Gasteiger partial charge in [0.05, 0.1) is 0 Å². The molecule has 0 saturated heterocycles. The molecular weight excluding hydrogens is 281 g/mol. The molecule has 0 rings (SSSR count). The van der Waals surface area contributed by atoms with E-state index in [0.29, 0.717) is 18.9 Å². The lowest BCUT2D eigenvalue weighted by atomic mass is 9.88. The summed E-state index contributed by atoms with van der Waals surface area (Å²) in [6.45, 7) is 7.23. The Morgan fingerprint density at radius 3 is 2.10 bits per heavy atom. The van der Waals surface area contributed by atoms with E-state index >= 15 is 0 Å². The fourth-order valence-corrected chi connectivity index (χ4v) is 2.40. The fraction of sp³-hybridized carbons (Fsp3) is 0.933. The number of hydrogen-bond acceptors (Lipinski definition) is 2. The zero-order valence-electron chi connectivity index (χ0n) is 13.5. The van der Waals surface area contributed by atoms with Crippen molar-refractivity contribution in [2.24, 2.45) is 23.5 Å². The first kappa shape index (κ1) is 20.2. The van der Waals surface area contributed by atoms with Crippen molar-refractivity contribution in [3.8, 4) is 0 Å². The van der Waals surface area contributed by atoms with Crippen LogP contribution in [0.25, 0.3) is 0 Å². The molecule has 0 fully saturated rings. The van der Waals surface area contributed by atoms with Crippen molar-refractivity contribution in [1.82, 2.24) is 4.90 Å². The van der Waals surface area contributed by atoms with E-state index in [1.54, 1.807) is 0 Å². The summed E-state index contributed by atoms with van der Waals surface area (Å²) in [7, 11) is 0. The van der Waals surface area contributed by atoms with Crippen LogP contribution in [0.15, 0.2) is 0 Å². The Kier molecular flexibility index (Phi) is 8.94. The topological polar surface area (TPSA) is 46.3 Å². The molecule has 0 bridgehead atoms. The Morgan fingerprint density at radius 2 is 1.71 bits per heavy atom. The van der Waals surface area contributed by atoms with Crippen LogP contribution in [0.1, 0.15) is 47.0 Å². The maximum atomic E-state index is 12.6. The van der Waals surface area contributed by atoms with E-state index < -0.39 is 18.6 Å². The number of halogens is 3. The number of carbonyl (C=O) groups is 1. The second-order valence-corrected chi connectivity index (χ2v) is 6.40. The molecule has 1 unspecified atom stereocenters. The number of nitrogens with zero attached hydrogens (tertiary/aromatic N) is 1. The Bertz CT molecular complexity index is 304. The van der Waals surface area contributed by atoms with Crippen LogP contribution in [0, 0.1) is 17.8 Å². The normalized spacial score (nSPS) is 13.8. The van der Waals surface area contributed by atoms with Crippen LogP contribution in [-0.2, 0) is 4.79 Å². The van der Waals surface area contributed by atoms with Gasteiger partial charge in [-0.25, -0.2) is 0 Å². The molecule has 6 heteroatoms. The summed E-state index contributed by atoms with van der Waals surface area (Å²) in [4.78, 5) is 13.0. The molecule has 0 spiro atoms. The number of carbonyl (C=O) groups excluding carboxylic acids is 1. The fourth-order valence-electron chi connectivity index (χ4n) is 2.40. The summed E-state index contributed by atoms with van der Waals surface area (Å²) < 4.78 is 37.7. The standard InChI is InChI=1S/C15H29F3N2O/c1-11(2)9-20(10-15(16,17)18)14(21)6-5-13(7-8-19)12(3)4/h11-13H,5-10,19H2,1-4H3. The minimum Gasteiger partial charge on any atom is -0.333 e. The van der Waals surface area contributed by atoms with Crippen molar-refractivity contribution in [3.05, 3.63) is 0 Å². The van der Waals surface area contributed by atoms with Crippen LogP contribution in [0.5, 0.6) is 0 Å². The van der Waals surface area contributed by atoms with E-state index in [9.17, 15) is 18.0 Å².